The van der Waals surface area contributed by atoms with Gasteiger partial charge >= 0.3 is 5.97 Å². The third-order valence-electron chi connectivity index (χ3n) is 6.54. The van der Waals surface area contributed by atoms with Gasteiger partial charge in [-0.15, -0.1) is 0 Å². The fraction of sp³-hybridized carbons (Fsp3) is 0.393. The summed E-state index contributed by atoms with van der Waals surface area (Å²) in [5, 5.41) is 10.1. The van der Waals surface area contributed by atoms with Crippen molar-refractivity contribution in [2.24, 2.45) is 16.8 Å². The Hall–Kier alpha value is -3.41. The summed E-state index contributed by atoms with van der Waals surface area (Å²) >= 11 is 0. The van der Waals surface area contributed by atoms with E-state index >= 15 is 0 Å². The summed E-state index contributed by atoms with van der Waals surface area (Å²) in [6.45, 7) is 6.08. The molecule has 1 N–H and O–H groups in total. The van der Waals surface area contributed by atoms with E-state index in [-0.39, 0.29) is 23.4 Å². The highest BCUT2D eigenvalue weighted by molar-refractivity contribution is 6.09. The van der Waals surface area contributed by atoms with Gasteiger partial charge in [0.05, 0.1) is 13.7 Å². The smallest absolute Gasteiger partial charge is 0.315 e. The molecule has 1 unspecified atom stereocenters. The predicted octanol–water partition coefficient (Wildman–Crippen LogP) is 5.18. The zero-order valence-electron chi connectivity index (χ0n) is 20.1. The van der Waals surface area contributed by atoms with Gasteiger partial charge in [0, 0.05) is 29.3 Å². The highest BCUT2D eigenvalue weighted by Crippen LogP contribution is 2.47. The molecular weight excluding hydrogens is 430 g/mol. The standard InChI is InChI=1S/C28H31NO5/c1-16(2)15-34-28(32)25-17(3)29-21-12-20(18-8-6-5-7-9-18)13-23(31)27(21)26(25)19-10-11-22(30)24(14-19)33-4/h5-11,14,16,20,25-26,30H,12-13,15H2,1-4H3/t20-,25?,26+/m0/s1. The van der Waals surface area contributed by atoms with Crippen molar-refractivity contribution in [1.82, 2.24) is 0 Å². The zero-order valence-corrected chi connectivity index (χ0v) is 20.1. The van der Waals surface area contributed by atoms with Gasteiger partial charge in [-0.2, -0.15) is 0 Å². The third kappa shape index (κ3) is 4.63. The van der Waals surface area contributed by atoms with Crippen molar-refractivity contribution in [2.75, 3.05) is 13.7 Å². The van der Waals surface area contributed by atoms with Crippen molar-refractivity contribution < 1.29 is 24.2 Å². The van der Waals surface area contributed by atoms with Crippen LogP contribution in [0.1, 0.15) is 56.6 Å². The van der Waals surface area contributed by atoms with Gasteiger partial charge in [-0.05, 0) is 48.4 Å². The van der Waals surface area contributed by atoms with Gasteiger partial charge in [0.1, 0.15) is 5.92 Å². The van der Waals surface area contributed by atoms with Gasteiger partial charge in [0.25, 0.3) is 0 Å². The lowest BCUT2D eigenvalue weighted by molar-refractivity contribution is -0.147. The maximum absolute atomic E-state index is 13.6. The third-order valence-corrected chi connectivity index (χ3v) is 6.54. The zero-order chi connectivity index (χ0) is 24.4. The lowest BCUT2D eigenvalue weighted by atomic mass is 9.69. The van der Waals surface area contributed by atoms with Crippen LogP contribution in [0.25, 0.3) is 0 Å². The molecule has 6 nitrogen and oxygen atoms in total. The van der Waals surface area contributed by atoms with E-state index in [0.29, 0.717) is 36.5 Å². The average molecular weight is 462 g/mol. The molecule has 2 aromatic carbocycles. The van der Waals surface area contributed by atoms with E-state index in [1.54, 1.807) is 12.1 Å². The van der Waals surface area contributed by atoms with E-state index in [1.165, 1.54) is 13.2 Å². The van der Waals surface area contributed by atoms with E-state index in [1.807, 2.05) is 51.1 Å². The van der Waals surface area contributed by atoms with Crippen LogP contribution in [0.3, 0.4) is 0 Å². The first kappa shape index (κ1) is 23.7. The largest absolute Gasteiger partial charge is 0.504 e. The quantitative estimate of drug-likeness (QED) is 0.600. The van der Waals surface area contributed by atoms with Crippen LogP contribution in [0, 0.1) is 11.8 Å². The number of aliphatic imine (C=N–C) groups is 1. The van der Waals surface area contributed by atoms with Gasteiger partial charge in [-0.1, -0.05) is 50.2 Å². The maximum Gasteiger partial charge on any atom is 0.315 e. The second-order valence-corrected chi connectivity index (χ2v) is 9.46. The normalized spacial score (nSPS) is 22.3. The molecule has 0 aromatic heterocycles. The number of esters is 1. The molecule has 6 heteroatoms. The number of allylic oxidation sites excluding steroid dienone is 2. The molecule has 4 rings (SSSR count). The summed E-state index contributed by atoms with van der Waals surface area (Å²) in [5.41, 5.74) is 3.75. The Bertz CT molecular complexity index is 1150. The van der Waals surface area contributed by atoms with Crippen molar-refractivity contribution in [3.8, 4) is 11.5 Å². The molecule has 0 saturated carbocycles. The van der Waals surface area contributed by atoms with E-state index < -0.39 is 17.8 Å². The van der Waals surface area contributed by atoms with E-state index in [9.17, 15) is 14.7 Å². The Balaban J connectivity index is 1.80. The number of hydrogen-bond acceptors (Lipinski definition) is 6. The molecule has 34 heavy (non-hydrogen) atoms. The second-order valence-electron chi connectivity index (χ2n) is 9.46. The van der Waals surface area contributed by atoms with Gasteiger partial charge < -0.3 is 14.6 Å². The lowest BCUT2D eigenvalue weighted by Gasteiger charge is -2.36. The maximum atomic E-state index is 13.6. The second kappa shape index (κ2) is 9.84. The van der Waals surface area contributed by atoms with E-state index in [2.05, 4.69) is 0 Å². The minimum Gasteiger partial charge on any atom is -0.504 e. The SMILES string of the molecule is COc1cc([C@H]2C3=C(C[C@H](c4ccccc4)CC3=O)N=C(C)C2C(=O)OCC(C)C)ccc1O. The Kier molecular flexibility index (Phi) is 6.87. The number of phenolic OH excluding ortho intramolecular Hbond substituents is 1. The first-order chi connectivity index (χ1) is 16.3. The number of benzene rings is 2. The van der Waals surface area contributed by atoms with Crippen LogP contribution >= 0.6 is 0 Å². The molecule has 2 aromatic rings. The predicted molar refractivity (Wildman–Crippen MR) is 130 cm³/mol. The fourth-order valence-corrected chi connectivity index (χ4v) is 4.91. The summed E-state index contributed by atoms with van der Waals surface area (Å²) in [6, 6.07) is 15.0. The minimum atomic E-state index is -0.719. The Morgan fingerprint density at radius 2 is 1.85 bits per heavy atom. The molecule has 2 aliphatic rings. The molecular formula is C28H31NO5. The van der Waals surface area contributed by atoms with Gasteiger partial charge in [0.2, 0.25) is 0 Å². The van der Waals surface area contributed by atoms with Gasteiger partial charge in [0.15, 0.2) is 17.3 Å². The average Bonchev–Trinajstić information content (AvgIpc) is 2.82. The number of carbonyl (C=O) groups excluding carboxylic acids is 2. The number of nitrogens with zero attached hydrogens (tertiary/aromatic N) is 1. The van der Waals surface area contributed by atoms with Crippen LogP contribution in [0.2, 0.25) is 0 Å². The van der Waals surface area contributed by atoms with Crippen LogP contribution in [-0.4, -0.2) is 36.3 Å². The van der Waals surface area contributed by atoms with Crippen molar-refractivity contribution in [1.29, 1.82) is 0 Å². The van der Waals surface area contributed by atoms with E-state index in [0.717, 1.165) is 16.8 Å². The number of Topliss-reactive ketones (excluding diaryl/α,β-unsaturated/α-hetero) is 1. The van der Waals surface area contributed by atoms with E-state index in [4.69, 9.17) is 14.5 Å². The number of phenols is 1. The number of ether oxygens (including phenoxy) is 2. The van der Waals surface area contributed by atoms with Crippen LogP contribution in [0.15, 0.2) is 64.8 Å². The summed E-state index contributed by atoms with van der Waals surface area (Å²) in [6.07, 6.45) is 0.985. The topological polar surface area (TPSA) is 85.2 Å². The molecule has 178 valence electrons. The number of rotatable bonds is 6. The molecule has 0 bridgehead atoms. The number of aromatic hydroxyl groups is 1. The van der Waals surface area contributed by atoms with Crippen LogP contribution in [0.5, 0.6) is 11.5 Å². The Morgan fingerprint density at radius 1 is 1.12 bits per heavy atom. The summed E-state index contributed by atoms with van der Waals surface area (Å²) in [5.74, 6) is -1.14. The summed E-state index contributed by atoms with van der Waals surface area (Å²) in [7, 11) is 1.47. The number of hydrogen-bond donors (Lipinski definition) is 1. The molecule has 3 atom stereocenters. The van der Waals surface area contributed by atoms with Crippen LogP contribution in [0.4, 0.5) is 0 Å². The van der Waals surface area contributed by atoms with Crippen LogP contribution in [-0.2, 0) is 14.3 Å². The summed E-state index contributed by atoms with van der Waals surface area (Å²) in [4.78, 5) is 31.7. The van der Waals surface area contributed by atoms with Gasteiger partial charge in [-0.25, -0.2) is 0 Å². The Morgan fingerprint density at radius 3 is 2.53 bits per heavy atom. The minimum absolute atomic E-state index is 0.000279. The first-order valence-electron chi connectivity index (χ1n) is 11.7. The van der Waals surface area contributed by atoms with Crippen molar-refractivity contribution in [2.45, 2.75) is 45.4 Å². The number of carbonyl (C=O) groups is 2. The Labute approximate surface area is 200 Å². The van der Waals surface area contributed by atoms with Crippen molar-refractivity contribution in [3.63, 3.8) is 0 Å². The summed E-state index contributed by atoms with van der Waals surface area (Å²) < 4.78 is 10.9. The molecule has 0 spiro atoms. The molecule has 1 aliphatic carbocycles. The number of methoxy groups -OCH3 is 1. The molecule has 0 fully saturated rings. The van der Waals surface area contributed by atoms with Crippen LogP contribution < -0.4 is 4.74 Å². The molecule has 0 amide bonds. The monoisotopic (exact) mass is 461 g/mol. The molecule has 1 heterocycles. The van der Waals surface area contributed by atoms with Gasteiger partial charge in [-0.3, -0.25) is 14.6 Å². The highest BCUT2D eigenvalue weighted by Gasteiger charge is 2.45. The molecule has 0 radical (unpaired) electrons. The fourth-order valence-electron chi connectivity index (χ4n) is 4.91. The molecule has 0 saturated heterocycles. The number of ketones is 1. The lowest BCUT2D eigenvalue weighted by Crippen LogP contribution is -2.38. The molecule has 1 aliphatic heterocycles. The highest BCUT2D eigenvalue weighted by atomic mass is 16.5. The van der Waals surface area contributed by atoms with Crippen molar-refractivity contribution in [3.05, 3.63) is 70.9 Å². The van der Waals surface area contributed by atoms with Crippen molar-refractivity contribution >= 4 is 17.5 Å². The first-order valence-corrected chi connectivity index (χ1v) is 11.7.